The number of hydrogen-bond acceptors (Lipinski definition) is 9. The highest BCUT2D eigenvalue weighted by molar-refractivity contribution is 6.78. The highest BCUT2D eigenvalue weighted by atomic mass is 28.4. The molecule has 6 aromatic rings. The number of halogens is 2. The van der Waals surface area contributed by atoms with Crippen LogP contribution in [0.15, 0.2) is 79.6 Å². The number of fused-ring (bicyclic) bond motifs is 4. The van der Waals surface area contributed by atoms with E-state index in [0.717, 1.165) is 22.3 Å². The molecule has 1 fully saturated rings. The number of carbonyl (C=O) groups excluding carboxylic acids is 3. The average molecular weight is 969 g/mol. The Balaban J connectivity index is 0.000000195. The summed E-state index contributed by atoms with van der Waals surface area (Å²) >= 11 is 0. The first-order valence-corrected chi connectivity index (χ1v) is 25.6. The van der Waals surface area contributed by atoms with Gasteiger partial charge in [0.25, 0.3) is 20.1 Å². The lowest BCUT2D eigenvalue weighted by Crippen LogP contribution is -2.51. The average Bonchev–Trinajstić information content (AvgIpc) is 4.00. The number of pyridine rings is 2. The number of ether oxygens (including phenoxy) is 1. The van der Waals surface area contributed by atoms with Crippen LogP contribution >= 0.6 is 0 Å². The Hall–Kier alpha value is -7.00. The van der Waals surface area contributed by atoms with Crippen LogP contribution in [0.4, 0.5) is 8.78 Å². The van der Waals surface area contributed by atoms with Crippen molar-refractivity contribution in [3.63, 3.8) is 0 Å². The molecule has 1 aliphatic carbocycles. The Morgan fingerprint density at radius 1 is 0.743 bits per heavy atom. The van der Waals surface area contributed by atoms with Crippen molar-refractivity contribution in [1.82, 2.24) is 19.8 Å². The number of carboxylic acid groups (broad SMARTS) is 1. The molecule has 9 rings (SSSR count). The number of amides is 2. The van der Waals surface area contributed by atoms with Gasteiger partial charge in [-0.25, -0.2) is 13.6 Å². The Morgan fingerprint density at radius 2 is 1.21 bits per heavy atom. The number of hydrogen-bond donors (Lipinski definition) is 2. The highest BCUT2D eigenvalue weighted by Gasteiger charge is 2.55. The van der Waals surface area contributed by atoms with Crippen molar-refractivity contribution < 1.29 is 47.3 Å². The topological polar surface area (TPSA) is 159 Å². The molecule has 4 aromatic carbocycles. The molecule has 0 spiro atoms. The van der Waals surface area contributed by atoms with E-state index in [2.05, 4.69) is 53.1 Å². The monoisotopic (exact) mass is 968 g/mol. The number of carbonyl (C=O) groups is 4. The number of rotatable bonds is 13. The van der Waals surface area contributed by atoms with E-state index < -0.39 is 25.7 Å². The number of carboxylic acids is 1. The molecule has 0 radical (unpaired) electrons. The SMILES string of the molecule is C=C(C(=O)OC)c1c2c(c(O[Si](C(C)C)(C(C)C)C(C)C)c3ncc(Cc4ccc(F)cc4)cc13)C(=O)N(C)C2.CN1Cc2c(c(O)c3ncc(Cc4ccc(F)cc4)cc3c2C2(C(=O)O)CC2)C1=O. The van der Waals surface area contributed by atoms with Crippen LogP contribution in [0.3, 0.4) is 0 Å². The van der Waals surface area contributed by atoms with Gasteiger partial charge in [-0.3, -0.25) is 24.4 Å². The number of phenolic OH excluding ortho intramolecular Hbond substituents is 1. The molecule has 2 aromatic heterocycles. The second-order valence-corrected chi connectivity index (χ2v) is 25.2. The van der Waals surface area contributed by atoms with Gasteiger partial charge < -0.3 is 29.2 Å². The Morgan fingerprint density at radius 3 is 1.69 bits per heavy atom. The summed E-state index contributed by atoms with van der Waals surface area (Å²) in [4.78, 5) is 63.7. The fraction of sp³-hybridized carbons (Fsp3) is 0.345. The van der Waals surface area contributed by atoms with E-state index in [-0.39, 0.29) is 69.0 Å². The first-order chi connectivity index (χ1) is 33.1. The van der Waals surface area contributed by atoms with E-state index in [4.69, 9.17) is 14.1 Å². The highest BCUT2D eigenvalue weighted by Crippen LogP contribution is 2.55. The smallest absolute Gasteiger partial charge is 0.337 e. The third kappa shape index (κ3) is 8.47. The predicted octanol–water partition coefficient (Wildman–Crippen LogP) is 10.7. The van der Waals surface area contributed by atoms with Crippen LogP contribution in [-0.4, -0.2) is 83.3 Å². The standard InChI is InChI=1S/C32H39FN2O4Si.C23H19FN2O4/c1-18(2)40(19(3)4,20(5)6)39-30-28-26(17-35(8)31(28)36)27(21(7)32(37)38-9)25-15-23(16-34-29(25)30)14-22-10-12-24(33)13-11-22;1-26-11-16-17(21(26)28)20(27)19-15(18(16)23(6-7-23)22(29)30)9-13(10-25-19)8-12-2-4-14(24)5-3-12/h10-13,15-16,18-20H,7,14,17H2,1-6,8-9H3;2-5,9-10,27H,6-8,11H2,1H3,(H,29,30). The van der Waals surface area contributed by atoms with Gasteiger partial charge in [0.2, 0.25) is 0 Å². The number of aromatic nitrogens is 2. The first-order valence-electron chi connectivity index (χ1n) is 23.5. The molecule has 0 bridgehead atoms. The summed E-state index contributed by atoms with van der Waals surface area (Å²) in [6.07, 6.45) is 5.33. The number of aromatic hydroxyl groups is 1. The molecule has 364 valence electrons. The number of aliphatic carboxylic acids is 1. The molecule has 0 unspecified atom stereocenters. The molecule has 2 N–H and O–H groups in total. The fourth-order valence-corrected chi connectivity index (χ4v) is 16.2. The van der Waals surface area contributed by atoms with Crippen molar-refractivity contribution >= 4 is 59.4 Å². The quantitative estimate of drug-likeness (QED) is 0.0648. The Kier molecular flexibility index (Phi) is 13.2. The second kappa shape index (κ2) is 18.7. The lowest BCUT2D eigenvalue weighted by atomic mass is 9.85. The van der Waals surface area contributed by atoms with Crippen LogP contribution in [0, 0.1) is 11.6 Å². The molecular formula is C55H58F2N4O8Si. The number of phenols is 1. The zero-order chi connectivity index (χ0) is 50.7. The van der Waals surface area contributed by atoms with Crippen LogP contribution in [0.2, 0.25) is 16.6 Å². The molecule has 0 saturated heterocycles. The van der Waals surface area contributed by atoms with E-state index in [1.54, 1.807) is 55.7 Å². The van der Waals surface area contributed by atoms with Gasteiger partial charge in [0.15, 0.2) is 5.75 Å². The van der Waals surface area contributed by atoms with Crippen LogP contribution in [0.5, 0.6) is 11.5 Å². The molecule has 12 nitrogen and oxygen atoms in total. The van der Waals surface area contributed by atoms with Gasteiger partial charge >= 0.3 is 11.9 Å². The summed E-state index contributed by atoms with van der Waals surface area (Å²) in [6.45, 7) is 17.8. The number of methoxy groups -OCH3 is 1. The minimum Gasteiger partial charge on any atom is -0.541 e. The second-order valence-electron chi connectivity index (χ2n) is 19.8. The van der Waals surface area contributed by atoms with E-state index in [1.165, 1.54) is 36.3 Å². The van der Waals surface area contributed by atoms with E-state index >= 15 is 0 Å². The van der Waals surface area contributed by atoms with Gasteiger partial charge in [-0.15, -0.1) is 0 Å². The molecule has 2 aliphatic heterocycles. The molecule has 1 saturated carbocycles. The summed E-state index contributed by atoms with van der Waals surface area (Å²) in [5.41, 5.74) is 7.23. The molecule has 2 amide bonds. The Bertz CT molecular complexity index is 3110. The maximum atomic E-state index is 13.7. The van der Waals surface area contributed by atoms with Gasteiger partial charge in [-0.05, 0) is 118 Å². The number of esters is 1. The van der Waals surface area contributed by atoms with Crippen molar-refractivity contribution in [2.45, 2.75) is 102 Å². The van der Waals surface area contributed by atoms with Crippen molar-refractivity contribution in [3.8, 4) is 11.5 Å². The normalized spacial score (nSPS) is 14.9. The third-order valence-corrected chi connectivity index (χ3v) is 20.4. The first kappa shape index (κ1) is 49.4. The fourth-order valence-electron chi connectivity index (χ4n) is 10.9. The zero-order valence-electron chi connectivity index (χ0n) is 41.0. The van der Waals surface area contributed by atoms with Gasteiger partial charge in [0, 0.05) is 55.9 Å². The van der Waals surface area contributed by atoms with Gasteiger partial charge in [0.05, 0.1) is 29.2 Å². The summed E-state index contributed by atoms with van der Waals surface area (Å²) in [5, 5.41) is 22.0. The van der Waals surface area contributed by atoms with Gasteiger partial charge in [-0.2, -0.15) is 0 Å². The molecular weight excluding hydrogens is 911 g/mol. The summed E-state index contributed by atoms with van der Waals surface area (Å²) in [5.74, 6) is -2.31. The minimum absolute atomic E-state index is 0.159. The lowest BCUT2D eigenvalue weighted by Gasteiger charge is -2.42. The molecule has 15 heteroatoms. The minimum atomic E-state index is -2.49. The third-order valence-electron chi connectivity index (χ3n) is 14.4. The zero-order valence-corrected chi connectivity index (χ0v) is 42.0. The van der Waals surface area contributed by atoms with Gasteiger partial charge in [0.1, 0.15) is 28.4 Å². The molecule has 70 heavy (non-hydrogen) atoms. The van der Waals surface area contributed by atoms with Crippen molar-refractivity contribution in [2.24, 2.45) is 0 Å². The van der Waals surface area contributed by atoms with E-state index in [0.29, 0.717) is 82.1 Å². The van der Waals surface area contributed by atoms with Crippen molar-refractivity contribution in [3.05, 3.63) is 147 Å². The number of nitrogens with zero attached hydrogens (tertiary/aromatic N) is 4. The van der Waals surface area contributed by atoms with Crippen molar-refractivity contribution in [1.29, 1.82) is 0 Å². The van der Waals surface area contributed by atoms with Crippen LogP contribution in [0.25, 0.3) is 27.4 Å². The van der Waals surface area contributed by atoms with Crippen molar-refractivity contribution in [2.75, 3.05) is 21.2 Å². The largest absolute Gasteiger partial charge is 0.541 e. The molecule has 4 heterocycles. The number of benzene rings is 4. The van der Waals surface area contributed by atoms with Gasteiger partial charge in [-0.1, -0.05) is 72.4 Å². The lowest BCUT2D eigenvalue weighted by molar-refractivity contribution is -0.140. The summed E-state index contributed by atoms with van der Waals surface area (Å²) in [6, 6.07) is 16.3. The summed E-state index contributed by atoms with van der Waals surface area (Å²) < 4.78 is 39.0. The molecule has 3 aliphatic rings. The maximum Gasteiger partial charge on any atom is 0.337 e. The summed E-state index contributed by atoms with van der Waals surface area (Å²) in [7, 11) is 2.19. The van der Waals surface area contributed by atoms with Crippen LogP contribution in [0.1, 0.15) is 120 Å². The van der Waals surface area contributed by atoms with E-state index in [9.17, 15) is 38.2 Å². The van der Waals surface area contributed by atoms with E-state index in [1.807, 2.05) is 12.1 Å². The maximum absolute atomic E-state index is 13.7. The Labute approximate surface area is 407 Å². The molecule has 0 atom stereocenters. The van der Waals surface area contributed by atoms with Crippen LogP contribution in [-0.2, 0) is 45.7 Å². The predicted molar refractivity (Wildman–Crippen MR) is 266 cm³/mol. The van der Waals surface area contributed by atoms with Crippen LogP contribution < -0.4 is 4.43 Å².